The van der Waals surface area contributed by atoms with Gasteiger partial charge in [0.1, 0.15) is 17.2 Å². The molecule has 3 heterocycles. The molecule has 1 spiro atoms. The van der Waals surface area contributed by atoms with Crippen LogP contribution in [0.15, 0.2) is 48.5 Å². The summed E-state index contributed by atoms with van der Waals surface area (Å²) in [5.41, 5.74) is 1.38. The van der Waals surface area contributed by atoms with Crippen LogP contribution in [0.4, 0.5) is 14.0 Å². The average Bonchev–Trinajstić information content (AvgIpc) is 3.45. The second-order valence-electron chi connectivity index (χ2n) is 10.5. The van der Waals surface area contributed by atoms with Crippen molar-refractivity contribution in [2.75, 3.05) is 45.9 Å². The van der Waals surface area contributed by atoms with Gasteiger partial charge in [-0.1, -0.05) is 31.2 Å². The molecule has 3 fully saturated rings. The first-order chi connectivity index (χ1) is 18.5. The number of rotatable bonds is 10. The maximum atomic E-state index is 13.6. The highest BCUT2D eigenvalue weighted by molar-refractivity contribution is 5.76. The van der Waals surface area contributed by atoms with Crippen LogP contribution < -0.4 is 10.1 Å². The lowest BCUT2D eigenvalue weighted by Gasteiger charge is -2.42. The van der Waals surface area contributed by atoms with Gasteiger partial charge in [-0.05, 0) is 48.2 Å². The molecule has 2 aromatic rings. The minimum absolute atomic E-state index is 0.00293. The highest BCUT2D eigenvalue weighted by atomic mass is 19.1. The van der Waals surface area contributed by atoms with Gasteiger partial charge in [0.25, 0.3) is 0 Å². The normalized spacial score (nSPS) is 21.2. The van der Waals surface area contributed by atoms with Crippen LogP contribution in [0.5, 0.6) is 5.75 Å². The van der Waals surface area contributed by atoms with Crippen LogP contribution in [0, 0.1) is 5.82 Å². The third-order valence-electron chi connectivity index (χ3n) is 7.93. The second kappa shape index (κ2) is 11.6. The second-order valence-corrected chi connectivity index (χ2v) is 10.5. The molecular weight excluding hydrogens is 487 g/mol. The predicted molar refractivity (Wildman–Crippen MR) is 142 cm³/mol. The molecule has 0 aromatic heterocycles. The number of carbonyl (C=O) groups excluding carboxylic acids is 2. The quantitative estimate of drug-likeness (QED) is 0.508. The maximum absolute atomic E-state index is 13.6. The summed E-state index contributed by atoms with van der Waals surface area (Å²) in [6, 6.07) is 14.2. The van der Waals surface area contributed by atoms with E-state index in [4.69, 9.17) is 9.47 Å². The van der Waals surface area contributed by atoms with Gasteiger partial charge in [-0.3, -0.25) is 4.90 Å². The Balaban J connectivity index is 1.29. The number of carbonyl (C=O) groups is 2. The molecule has 3 saturated heterocycles. The molecular formula is C29H37FN4O4. The van der Waals surface area contributed by atoms with Crippen LogP contribution in [0.2, 0.25) is 0 Å². The molecule has 5 rings (SSSR count). The number of halogens is 1. The average molecular weight is 525 g/mol. The lowest BCUT2D eigenvalue weighted by atomic mass is 9.81. The van der Waals surface area contributed by atoms with Crippen molar-refractivity contribution in [1.82, 2.24) is 20.0 Å². The van der Waals surface area contributed by atoms with E-state index in [9.17, 15) is 14.0 Å². The minimum atomic E-state index is -0.600. The van der Waals surface area contributed by atoms with Gasteiger partial charge in [-0.25, -0.2) is 14.0 Å². The predicted octanol–water partition coefficient (Wildman–Crippen LogP) is 4.04. The summed E-state index contributed by atoms with van der Waals surface area (Å²) in [6.07, 6.45) is 2.68. The van der Waals surface area contributed by atoms with Gasteiger partial charge >= 0.3 is 12.1 Å². The van der Waals surface area contributed by atoms with Crippen molar-refractivity contribution in [3.8, 4) is 5.75 Å². The number of nitrogens with one attached hydrogen (secondary N) is 1. The molecule has 8 nitrogen and oxygen atoms in total. The molecule has 0 radical (unpaired) electrons. The summed E-state index contributed by atoms with van der Waals surface area (Å²) in [4.78, 5) is 31.2. The highest BCUT2D eigenvalue weighted by Gasteiger charge is 2.54. The van der Waals surface area contributed by atoms with Gasteiger partial charge < -0.3 is 24.6 Å². The fourth-order valence-electron chi connectivity index (χ4n) is 5.71. The SMILES string of the molecule is CCCOc1ccc(CN2C(=O)OC3(CCN(CCN4CCNC4=O)CC3)C2Cc2ccc(F)cc2)cc1. The highest BCUT2D eigenvalue weighted by Crippen LogP contribution is 2.41. The van der Waals surface area contributed by atoms with E-state index < -0.39 is 5.60 Å². The van der Waals surface area contributed by atoms with E-state index in [1.54, 1.807) is 12.1 Å². The van der Waals surface area contributed by atoms with Crippen molar-refractivity contribution in [2.24, 2.45) is 0 Å². The zero-order chi connectivity index (χ0) is 26.5. The topological polar surface area (TPSA) is 74.3 Å². The van der Waals surface area contributed by atoms with Gasteiger partial charge in [0, 0.05) is 58.7 Å². The summed E-state index contributed by atoms with van der Waals surface area (Å²) in [5, 5.41) is 2.85. The van der Waals surface area contributed by atoms with Crippen LogP contribution in [0.1, 0.15) is 37.3 Å². The Morgan fingerprint density at radius 3 is 2.37 bits per heavy atom. The summed E-state index contributed by atoms with van der Waals surface area (Å²) in [6.45, 7) is 7.71. The molecule has 9 heteroatoms. The third kappa shape index (κ3) is 5.88. The van der Waals surface area contributed by atoms with E-state index >= 15 is 0 Å². The van der Waals surface area contributed by atoms with Crippen molar-refractivity contribution in [1.29, 1.82) is 0 Å². The zero-order valence-electron chi connectivity index (χ0n) is 22.0. The zero-order valence-corrected chi connectivity index (χ0v) is 22.0. The number of urea groups is 1. The van der Waals surface area contributed by atoms with Crippen molar-refractivity contribution < 1.29 is 23.5 Å². The van der Waals surface area contributed by atoms with Crippen molar-refractivity contribution in [3.63, 3.8) is 0 Å². The largest absolute Gasteiger partial charge is 0.494 e. The van der Waals surface area contributed by atoms with Gasteiger partial charge in [0.15, 0.2) is 0 Å². The molecule has 38 heavy (non-hydrogen) atoms. The molecule has 3 amide bonds. The number of amides is 3. The molecule has 1 atom stereocenters. The Hall–Kier alpha value is -3.33. The summed E-state index contributed by atoms with van der Waals surface area (Å²) < 4.78 is 25.5. The Morgan fingerprint density at radius 1 is 1.00 bits per heavy atom. The number of hydrogen-bond acceptors (Lipinski definition) is 5. The Morgan fingerprint density at radius 2 is 1.71 bits per heavy atom. The molecule has 204 valence electrons. The molecule has 1 unspecified atom stereocenters. The summed E-state index contributed by atoms with van der Waals surface area (Å²) in [5.74, 6) is 0.544. The van der Waals surface area contributed by atoms with E-state index in [1.807, 2.05) is 34.1 Å². The van der Waals surface area contributed by atoms with Crippen LogP contribution in [0.25, 0.3) is 0 Å². The van der Waals surface area contributed by atoms with Gasteiger partial charge in [0.05, 0.1) is 12.6 Å². The van der Waals surface area contributed by atoms with E-state index in [2.05, 4.69) is 17.1 Å². The Kier molecular flexibility index (Phi) is 8.02. The van der Waals surface area contributed by atoms with Crippen LogP contribution in [-0.4, -0.2) is 84.3 Å². The van der Waals surface area contributed by atoms with Crippen LogP contribution >= 0.6 is 0 Å². The lowest BCUT2D eigenvalue weighted by molar-refractivity contribution is -0.0224. The number of nitrogens with zero attached hydrogens (tertiary/aromatic N) is 3. The molecule has 0 saturated carbocycles. The van der Waals surface area contributed by atoms with Gasteiger partial charge in [-0.2, -0.15) is 0 Å². The van der Waals surface area contributed by atoms with Crippen LogP contribution in [-0.2, 0) is 17.7 Å². The molecule has 2 aromatic carbocycles. The minimum Gasteiger partial charge on any atom is -0.494 e. The third-order valence-corrected chi connectivity index (χ3v) is 7.93. The first-order valence-electron chi connectivity index (χ1n) is 13.7. The lowest BCUT2D eigenvalue weighted by Crippen LogP contribution is -2.54. The summed E-state index contributed by atoms with van der Waals surface area (Å²) in [7, 11) is 0. The summed E-state index contributed by atoms with van der Waals surface area (Å²) >= 11 is 0. The molecule has 0 bridgehead atoms. The van der Waals surface area contributed by atoms with E-state index in [-0.39, 0.29) is 24.0 Å². The Labute approximate surface area is 223 Å². The van der Waals surface area contributed by atoms with Crippen molar-refractivity contribution in [3.05, 3.63) is 65.5 Å². The van der Waals surface area contributed by atoms with Crippen LogP contribution in [0.3, 0.4) is 0 Å². The number of hydrogen-bond donors (Lipinski definition) is 1. The van der Waals surface area contributed by atoms with E-state index in [1.165, 1.54) is 12.1 Å². The number of likely N-dealkylation sites (tertiary alicyclic amines) is 1. The first-order valence-corrected chi connectivity index (χ1v) is 13.7. The fraction of sp³-hybridized carbons (Fsp3) is 0.517. The molecule has 0 aliphatic carbocycles. The number of piperidine rings is 1. The van der Waals surface area contributed by atoms with Gasteiger partial charge in [0.2, 0.25) is 0 Å². The Bertz CT molecular complexity index is 1100. The van der Waals surface area contributed by atoms with E-state index in [0.29, 0.717) is 32.7 Å². The first kappa shape index (κ1) is 26.3. The van der Waals surface area contributed by atoms with E-state index in [0.717, 1.165) is 62.3 Å². The number of benzene rings is 2. The standard InChI is InChI=1S/C29H37FN4O4/c1-2-19-37-25-9-5-23(6-10-25)21-34-26(20-22-3-7-24(30)8-4-22)29(38-28(34)36)11-14-32(15-12-29)17-18-33-16-13-31-27(33)35/h3-10,26H,2,11-21H2,1H3,(H,31,35). The van der Waals surface area contributed by atoms with Gasteiger partial charge in [-0.15, -0.1) is 0 Å². The smallest absolute Gasteiger partial charge is 0.411 e. The molecule has 3 aliphatic heterocycles. The van der Waals surface area contributed by atoms with Crippen molar-refractivity contribution in [2.45, 2.75) is 50.8 Å². The molecule has 3 aliphatic rings. The van der Waals surface area contributed by atoms with Crippen molar-refractivity contribution >= 4 is 12.1 Å². The maximum Gasteiger partial charge on any atom is 0.411 e. The number of ether oxygens (including phenoxy) is 2. The fourth-order valence-corrected chi connectivity index (χ4v) is 5.71. The monoisotopic (exact) mass is 524 g/mol. The molecule has 1 N–H and O–H groups in total.